The number of sulfone groups is 1. The smallest absolute Gasteiger partial charge is 0.223 e. The lowest BCUT2D eigenvalue weighted by Gasteiger charge is -2.26. The molecular formula is C16H23NO4S. The van der Waals surface area contributed by atoms with Crippen molar-refractivity contribution in [3.63, 3.8) is 0 Å². The number of amides is 1. The summed E-state index contributed by atoms with van der Waals surface area (Å²) in [6, 6.07) is 9.66. The highest BCUT2D eigenvalue weighted by Gasteiger charge is 2.26. The summed E-state index contributed by atoms with van der Waals surface area (Å²) in [6.45, 7) is 0.710. The molecule has 0 unspecified atom stereocenters. The van der Waals surface area contributed by atoms with Crippen molar-refractivity contribution in [2.75, 3.05) is 24.7 Å². The Hall–Kier alpha value is -1.40. The zero-order valence-corrected chi connectivity index (χ0v) is 13.5. The van der Waals surface area contributed by atoms with Crippen LogP contribution in [0.3, 0.4) is 0 Å². The second kappa shape index (κ2) is 7.74. The second-order valence-electron chi connectivity index (χ2n) is 5.82. The number of carbonyl (C=O) groups is 1. The molecule has 0 aliphatic carbocycles. The summed E-state index contributed by atoms with van der Waals surface area (Å²) in [6.07, 6.45) is 1.49. The van der Waals surface area contributed by atoms with Gasteiger partial charge in [0.05, 0.1) is 18.1 Å². The van der Waals surface area contributed by atoms with Gasteiger partial charge in [-0.25, -0.2) is 8.42 Å². The fourth-order valence-corrected chi connectivity index (χ4v) is 4.32. The maximum absolute atomic E-state index is 12.4. The first-order valence-electron chi connectivity index (χ1n) is 7.63. The van der Waals surface area contributed by atoms with Crippen molar-refractivity contribution < 1.29 is 18.3 Å². The normalized spacial score (nSPS) is 18.0. The van der Waals surface area contributed by atoms with Gasteiger partial charge in [-0.05, 0) is 24.3 Å². The summed E-state index contributed by atoms with van der Waals surface area (Å²) in [7, 11) is -2.90. The SMILES string of the molecule is O=C(CC1CCS(=O)(=O)CC1)N(CCO)Cc1ccccc1. The van der Waals surface area contributed by atoms with Crippen LogP contribution in [-0.4, -0.2) is 49.0 Å². The van der Waals surface area contributed by atoms with Gasteiger partial charge in [-0.1, -0.05) is 30.3 Å². The van der Waals surface area contributed by atoms with Crippen LogP contribution in [0, 0.1) is 5.92 Å². The third kappa shape index (κ3) is 5.10. The Kier molecular flexibility index (Phi) is 5.97. The lowest BCUT2D eigenvalue weighted by Crippen LogP contribution is -2.35. The maximum atomic E-state index is 12.4. The monoisotopic (exact) mass is 325 g/mol. The van der Waals surface area contributed by atoms with Gasteiger partial charge in [0.15, 0.2) is 0 Å². The van der Waals surface area contributed by atoms with E-state index >= 15 is 0 Å². The van der Waals surface area contributed by atoms with Gasteiger partial charge < -0.3 is 10.0 Å². The molecule has 1 heterocycles. The second-order valence-corrected chi connectivity index (χ2v) is 8.13. The number of carbonyl (C=O) groups excluding carboxylic acids is 1. The van der Waals surface area contributed by atoms with Crippen molar-refractivity contribution in [1.82, 2.24) is 4.90 Å². The van der Waals surface area contributed by atoms with Crippen molar-refractivity contribution in [1.29, 1.82) is 0 Å². The molecule has 0 bridgehead atoms. The number of hydrogen-bond donors (Lipinski definition) is 1. The molecule has 0 spiro atoms. The molecule has 1 fully saturated rings. The number of nitrogens with zero attached hydrogens (tertiary/aromatic N) is 1. The fraction of sp³-hybridized carbons (Fsp3) is 0.562. The molecule has 1 aliphatic heterocycles. The number of aliphatic hydroxyl groups is 1. The molecule has 1 amide bonds. The van der Waals surface area contributed by atoms with E-state index in [1.807, 2.05) is 30.3 Å². The first-order chi connectivity index (χ1) is 10.5. The molecule has 22 heavy (non-hydrogen) atoms. The molecule has 2 rings (SSSR count). The third-order valence-electron chi connectivity index (χ3n) is 4.08. The largest absolute Gasteiger partial charge is 0.395 e. The Morgan fingerprint density at radius 1 is 1.18 bits per heavy atom. The zero-order valence-electron chi connectivity index (χ0n) is 12.6. The van der Waals surface area contributed by atoms with Crippen molar-refractivity contribution in [3.05, 3.63) is 35.9 Å². The van der Waals surface area contributed by atoms with Gasteiger partial charge in [-0.3, -0.25) is 4.79 Å². The van der Waals surface area contributed by atoms with Crippen LogP contribution in [-0.2, 0) is 21.2 Å². The minimum Gasteiger partial charge on any atom is -0.395 e. The van der Waals surface area contributed by atoms with Crippen LogP contribution in [0.1, 0.15) is 24.8 Å². The zero-order chi connectivity index (χ0) is 16.0. The molecule has 0 saturated carbocycles. The van der Waals surface area contributed by atoms with E-state index < -0.39 is 9.84 Å². The number of hydrogen-bond acceptors (Lipinski definition) is 4. The molecule has 122 valence electrons. The summed E-state index contributed by atoms with van der Waals surface area (Å²) in [5.41, 5.74) is 1.02. The van der Waals surface area contributed by atoms with E-state index in [1.54, 1.807) is 4.90 Å². The highest BCUT2D eigenvalue weighted by molar-refractivity contribution is 7.91. The Morgan fingerprint density at radius 3 is 2.41 bits per heavy atom. The quantitative estimate of drug-likeness (QED) is 0.853. The fourth-order valence-electron chi connectivity index (χ4n) is 2.74. The predicted molar refractivity (Wildman–Crippen MR) is 84.9 cm³/mol. The Balaban J connectivity index is 1.92. The van der Waals surface area contributed by atoms with Crippen LogP contribution in [0.4, 0.5) is 0 Å². The van der Waals surface area contributed by atoms with Crippen LogP contribution in [0.5, 0.6) is 0 Å². The summed E-state index contributed by atoms with van der Waals surface area (Å²) >= 11 is 0. The number of rotatable bonds is 6. The molecule has 1 saturated heterocycles. The Bertz CT molecular complexity index is 571. The van der Waals surface area contributed by atoms with E-state index in [1.165, 1.54) is 0 Å². The molecule has 0 atom stereocenters. The standard InChI is InChI=1S/C16H23NO4S/c18-9-8-17(13-15-4-2-1-3-5-15)16(19)12-14-6-10-22(20,21)11-7-14/h1-5,14,18H,6-13H2. The van der Waals surface area contributed by atoms with E-state index in [9.17, 15) is 13.2 Å². The average Bonchev–Trinajstić information content (AvgIpc) is 2.50. The molecule has 1 aliphatic rings. The highest BCUT2D eigenvalue weighted by atomic mass is 32.2. The summed E-state index contributed by atoms with van der Waals surface area (Å²) < 4.78 is 22.9. The summed E-state index contributed by atoms with van der Waals surface area (Å²) in [5, 5.41) is 9.16. The van der Waals surface area contributed by atoms with Crippen LogP contribution in [0.2, 0.25) is 0 Å². The van der Waals surface area contributed by atoms with E-state index in [0.717, 1.165) is 5.56 Å². The van der Waals surface area contributed by atoms with Gasteiger partial charge >= 0.3 is 0 Å². The molecular weight excluding hydrogens is 302 g/mol. The van der Waals surface area contributed by atoms with Gasteiger partial charge in [0.25, 0.3) is 0 Å². The Labute approximate surface area is 131 Å². The van der Waals surface area contributed by atoms with Gasteiger partial charge in [-0.2, -0.15) is 0 Å². The molecule has 1 aromatic carbocycles. The van der Waals surface area contributed by atoms with Gasteiger partial charge in [0.2, 0.25) is 5.91 Å². The Morgan fingerprint density at radius 2 is 1.82 bits per heavy atom. The van der Waals surface area contributed by atoms with Crippen LogP contribution >= 0.6 is 0 Å². The van der Waals surface area contributed by atoms with E-state index in [-0.39, 0.29) is 29.9 Å². The first kappa shape index (κ1) is 17.0. The molecule has 1 N–H and O–H groups in total. The van der Waals surface area contributed by atoms with Crippen molar-refractivity contribution in [3.8, 4) is 0 Å². The average molecular weight is 325 g/mol. The van der Waals surface area contributed by atoms with Crippen LogP contribution in [0.25, 0.3) is 0 Å². The van der Waals surface area contributed by atoms with Crippen LogP contribution < -0.4 is 0 Å². The molecule has 0 radical (unpaired) electrons. The topological polar surface area (TPSA) is 74.7 Å². The van der Waals surface area contributed by atoms with Crippen molar-refractivity contribution in [2.24, 2.45) is 5.92 Å². The summed E-state index contributed by atoms with van der Waals surface area (Å²) in [5.74, 6) is 0.489. The lowest BCUT2D eigenvalue weighted by atomic mass is 9.98. The van der Waals surface area contributed by atoms with E-state index in [0.29, 0.717) is 32.4 Å². The molecule has 6 heteroatoms. The minimum atomic E-state index is -2.90. The molecule has 5 nitrogen and oxygen atoms in total. The molecule has 0 aromatic heterocycles. The van der Waals surface area contributed by atoms with E-state index in [4.69, 9.17) is 5.11 Å². The summed E-state index contributed by atoms with van der Waals surface area (Å²) in [4.78, 5) is 14.1. The maximum Gasteiger partial charge on any atom is 0.223 e. The number of benzene rings is 1. The predicted octanol–water partition coefficient (Wildman–Crippen LogP) is 1.22. The number of aliphatic hydroxyl groups excluding tert-OH is 1. The minimum absolute atomic E-state index is 0.0119. The van der Waals surface area contributed by atoms with Gasteiger partial charge in [-0.15, -0.1) is 0 Å². The van der Waals surface area contributed by atoms with Gasteiger partial charge in [0.1, 0.15) is 9.84 Å². The van der Waals surface area contributed by atoms with Crippen LogP contribution in [0.15, 0.2) is 30.3 Å². The van der Waals surface area contributed by atoms with Crippen molar-refractivity contribution >= 4 is 15.7 Å². The lowest BCUT2D eigenvalue weighted by molar-refractivity contribution is -0.133. The van der Waals surface area contributed by atoms with E-state index in [2.05, 4.69) is 0 Å². The van der Waals surface area contributed by atoms with Gasteiger partial charge in [0, 0.05) is 19.5 Å². The molecule has 1 aromatic rings. The van der Waals surface area contributed by atoms with Crippen molar-refractivity contribution in [2.45, 2.75) is 25.8 Å². The third-order valence-corrected chi connectivity index (χ3v) is 5.79. The highest BCUT2D eigenvalue weighted by Crippen LogP contribution is 2.23. The first-order valence-corrected chi connectivity index (χ1v) is 9.45.